The maximum Gasteiger partial charge on any atom is 0.305 e. The highest BCUT2D eigenvalue weighted by atomic mass is 16.7. The summed E-state index contributed by atoms with van der Waals surface area (Å²) in [5.41, 5.74) is -0.240. The Labute approximate surface area is 175 Å². The van der Waals surface area contributed by atoms with Gasteiger partial charge in [-0.2, -0.15) is 0 Å². The number of epoxide rings is 2. The average Bonchev–Trinajstić information content (AvgIpc) is 3.49. The molecule has 1 spiro atoms. The van der Waals surface area contributed by atoms with Crippen LogP contribution >= 0.6 is 0 Å². The van der Waals surface area contributed by atoms with E-state index in [2.05, 4.69) is 13.5 Å². The number of esters is 1. The van der Waals surface area contributed by atoms with Crippen LogP contribution in [0.15, 0.2) is 12.2 Å². The van der Waals surface area contributed by atoms with Crippen LogP contribution in [0.3, 0.4) is 0 Å². The van der Waals surface area contributed by atoms with Gasteiger partial charge in [-0.05, 0) is 64.2 Å². The molecule has 0 radical (unpaired) electrons. The molecule has 4 rings (SSSR count). The first kappa shape index (κ1) is 21.3. The van der Waals surface area contributed by atoms with Gasteiger partial charge in [0.2, 0.25) is 0 Å². The Bertz CT molecular complexity index is 681. The molecule has 5 nitrogen and oxygen atoms in total. The number of hydrogen-bond acceptors (Lipinski definition) is 5. The largest absolute Gasteiger partial charge is 0.462 e. The van der Waals surface area contributed by atoms with E-state index in [0.717, 1.165) is 51.4 Å². The number of rotatable bonds is 5. The molecule has 5 heteroatoms. The first-order valence-corrected chi connectivity index (χ1v) is 11.5. The number of aliphatic hydroxyl groups is 1. The van der Waals surface area contributed by atoms with Crippen LogP contribution in [0, 0.1) is 11.3 Å². The van der Waals surface area contributed by atoms with E-state index in [1.807, 2.05) is 20.8 Å². The normalized spacial score (nSPS) is 44.2. The molecule has 2 saturated carbocycles. The molecule has 2 aliphatic carbocycles. The Hall–Kier alpha value is -0.910. The molecule has 0 aromatic carbocycles. The van der Waals surface area contributed by atoms with Crippen molar-refractivity contribution in [2.24, 2.45) is 11.3 Å². The second kappa shape index (κ2) is 7.06. The van der Waals surface area contributed by atoms with Crippen LogP contribution in [0.4, 0.5) is 0 Å². The number of hydrogen-bond donors (Lipinski definition) is 1. The highest BCUT2D eigenvalue weighted by molar-refractivity contribution is 5.69. The Morgan fingerprint density at radius 1 is 1.24 bits per heavy atom. The fraction of sp³-hybridized carbons (Fsp3) is 0.875. The lowest BCUT2D eigenvalue weighted by Crippen LogP contribution is -2.46. The van der Waals surface area contributed by atoms with Gasteiger partial charge in [0.25, 0.3) is 0 Å². The Morgan fingerprint density at radius 3 is 2.69 bits per heavy atom. The van der Waals surface area contributed by atoms with Gasteiger partial charge in [0.1, 0.15) is 17.8 Å². The number of ether oxygens (including phenoxy) is 3. The molecule has 0 bridgehead atoms. The summed E-state index contributed by atoms with van der Waals surface area (Å²) >= 11 is 0. The highest BCUT2D eigenvalue weighted by Crippen LogP contribution is 2.69. The molecule has 0 aromatic rings. The van der Waals surface area contributed by atoms with Crippen molar-refractivity contribution in [3.8, 4) is 0 Å². The number of carbonyl (C=O) groups is 1. The van der Waals surface area contributed by atoms with Crippen molar-refractivity contribution in [3.05, 3.63) is 12.2 Å². The van der Waals surface area contributed by atoms with Crippen molar-refractivity contribution in [2.75, 3.05) is 6.61 Å². The van der Waals surface area contributed by atoms with E-state index in [1.54, 1.807) is 0 Å². The van der Waals surface area contributed by atoms with Gasteiger partial charge < -0.3 is 19.3 Å². The van der Waals surface area contributed by atoms with Crippen molar-refractivity contribution in [3.63, 3.8) is 0 Å². The van der Waals surface area contributed by atoms with Crippen LogP contribution in [-0.4, -0.2) is 46.7 Å². The van der Waals surface area contributed by atoms with Crippen LogP contribution in [0.25, 0.3) is 0 Å². The molecular weight excluding hydrogens is 368 g/mol. The summed E-state index contributed by atoms with van der Waals surface area (Å²) in [6.07, 6.45) is 8.10. The summed E-state index contributed by atoms with van der Waals surface area (Å²) in [4.78, 5) is 12.0. The van der Waals surface area contributed by atoms with E-state index in [1.165, 1.54) is 5.57 Å². The van der Waals surface area contributed by atoms with E-state index in [9.17, 15) is 9.90 Å². The first-order chi connectivity index (χ1) is 13.6. The lowest BCUT2D eigenvalue weighted by Gasteiger charge is -2.37. The Morgan fingerprint density at radius 2 is 2.00 bits per heavy atom. The molecule has 164 valence electrons. The third-order valence-corrected chi connectivity index (χ3v) is 8.22. The molecular formula is C24H38O5. The molecule has 0 aromatic heterocycles. The second-order valence-corrected chi connectivity index (χ2v) is 10.8. The molecule has 2 heterocycles. The van der Waals surface area contributed by atoms with Crippen LogP contribution in [0.2, 0.25) is 0 Å². The van der Waals surface area contributed by atoms with E-state index >= 15 is 0 Å². The van der Waals surface area contributed by atoms with Crippen molar-refractivity contribution >= 4 is 5.97 Å². The summed E-state index contributed by atoms with van der Waals surface area (Å²) in [5.74, 6) is -0.0442. The van der Waals surface area contributed by atoms with Gasteiger partial charge in [-0.25, -0.2) is 0 Å². The quantitative estimate of drug-likeness (QED) is 0.418. The van der Waals surface area contributed by atoms with Crippen molar-refractivity contribution in [2.45, 2.75) is 114 Å². The monoisotopic (exact) mass is 406 g/mol. The van der Waals surface area contributed by atoms with E-state index in [4.69, 9.17) is 14.2 Å². The standard InChI is InChI=1S/C24H38O5/c1-6-7-20(25)27-15-23-14-19-24(29-19)17(21(3,4)26)11-13-22(24,5)12-10-16(2)8-9-18(23)28-23/h17-19,26H,2,6-15H2,1,3-5H3/t17-,18-,19+,22+,23-,24+/m0/s1. The van der Waals surface area contributed by atoms with Crippen molar-refractivity contribution in [1.29, 1.82) is 0 Å². The fourth-order valence-corrected chi connectivity index (χ4v) is 6.37. The zero-order chi connectivity index (χ0) is 21.1. The smallest absolute Gasteiger partial charge is 0.305 e. The van der Waals surface area contributed by atoms with Gasteiger partial charge in [-0.1, -0.05) is 26.0 Å². The topological polar surface area (TPSA) is 71.6 Å². The summed E-state index contributed by atoms with van der Waals surface area (Å²) in [5, 5.41) is 10.9. The molecule has 0 unspecified atom stereocenters. The predicted molar refractivity (Wildman–Crippen MR) is 110 cm³/mol. The molecule has 0 amide bonds. The summed E-state index contributed by atoms with van der Waals surface area (Å²) in [6, 6.07) is 0. The first-order valence-electron chi connectivity index (χ1n) is 11.5. The van der Waals surface area contributed by atoms with E-state index in [-0.39, 0.29) is 35.1 Å². The Kier molecular flexibility index (Phi) is 5.20. The van der Waals surface area contributed by atoms with Gasteiger partial charge in [-0.3, -0.25) is 4.79 Å². The maximum absolute atomic E-state index is 12.0. The lowest BCUT2D eigenvalue weighted by molar-refractivity contribution is -0.145. The third kappa shape index (κ3) is 3.57. The summed E-state index contributed by atoms with van der Waals surface area (Å²) in [6.45, 7) is 12.8. The zero-order valence-corrected chi connectivity index (χ0v) is 18.6. The van der Waals surface area contributed by atoms with E-state index in [0.29, 0.717) is 13.0 Å². The van der Waals surface area contributed by atoms with Gasteiger partial charge >= 0.3 is 5.97 Å². The minimum atomic E-state index is -0.783. The Balaban J connectivity index is 1.58. The fourth-order valence-electron chi connectivity index (χ4n) is 6.37. The van der Waals surface area contributed by atoms with Crippen LogP contribution in [-0.2, 0) is 19.0 Å². The van der Waals surface area contributed by atoms with Crippen molar-refractivity contribution in [1.82, 2.24) is 0 Å². The van der Waals surface area contributed by atoms with Crippen LogP contribution in [0.5, 0.6) is 0 Å². The second-order valence-electron chi connectivity index (χ2n) is 10.8. The third-order valence-electron chi connectivity index (χ3n) is 8.22. The molecule has 29 heavy (non-hydrogen) atoms. The molecule has 2 aliphatic heterocycles. The molecule has 4 fully saturated rings. The lowest BCUT2D eigenvalue weighted by atomic mass is 9.67. The predicted octanol–water partition coefficient (Wildman–Crippen LogP) is 4.31. The van der Waals surface area contributed by atoms with Gasteiger partial charge in [0.15, 0.2) is 0 Å². The summed E-state index contributed by atoms with van der Waals surface area (Å²) in [7, 11) is 0. The van der Waals surface area contributed by atoms with E-state index < -0.39 is 11.2 Å². The van der Waals surface area contributed by atoms with Crippen LogP contribution < -0.4 is 0 Å². The molecule has 1 N–H and O–H groups in total. The zero-order valence-electron chi connectivity index (χ0n) is 18.6. The molecule has 6 atom stereocenters. The highest BCUT2D eigenvalue weighted by Gasteiger charge is 2.77. The SMILES string of the molecule is C=C1CC[C@@H]2O[C@]2(COC(=O)CCC)C[C@H]2O[C@]23[C@H](C(C)(C)O)CC[C@@]3(C)CC1. The minimum Gasteiger partial charge on any atom is -0.462 e. The average molecular weight is 407 g/mol. The maximum atomic E-state index is 12.0. The number of allylic oxidation sites excluding steroid dienone is 1. The van der Waals surface area contributed by atoms with Gasteiger partial charge in [0.05, 0.1) is 17.8 Å². The van der Waals surface area contributed by atoms with Gasteiger partial charge in [-0.15, -0.1) is 0 Å². The van der Waals surface area contributed by atoms with Gasteiger partial charge in [0, 0.05) is 18.8 Å². The van der Waals surface area contributed by atoms with Crippen molar-refractivity contribution < 1.29 is 24.1 Å². The minimum absolute atomic E-state index is 0.0279. The molecule has 4 aliphatic rings. The molecule has 2 saturated heterocycles. The van der Waals surface area contributed by atoms with Crippen LogP contribution in [0.1, 0.15) is 85.5 Å². The number of carbonyl (C=O) groups excluding carboxylic acids is 1. The summed E-state index contributed by atoms with van der Waals surface area (Å²) < 4.78 is 18.3. The number of fused-ring (bicyclic) bond motifs is 1.